The van der Waals surface area contributed by atoms with Crippen LogP contribution in [0.15, 0.2) is 91.8 Å². The van der Waals surface area contributed by atoms with Crippen molar-refractivity contribution in [3.63, 3.8) is 0 Å². The van der Waals surface area contributed by atoms with E-state index in [1.807, 2.05) is 142 Å². The molecule has 0 aliphatic carbocycles. The van der Waals surface area contributed by atoms with E-state index in [0.29, 0.717) is 67.8 Å². The highest BCUT2D eigenvalue weighted by molar-refractivity contribution is 5.63. The molecule has 0 atom stereocenters. The molecule has 0 amide bonds. The van der Waals surface area contributed by atoms with Gasteiger partial charge < -0.3 is 27.4 Å². The van der Waals surface area contributed by atoms with E-state index in [-0.39, 0.29) is 0 Å². The van der Waals surface area contributed by atoms with Crippen molar-refractivity contribution in [2.24, 2.45) is 42.3 Å². The molecule has 15 nitrogen and oxygen atoms in total. The van der Waals surface area contributed by atoms with Crippen molar-refractivity contribution in [2.45, 2.75) is 0 Å². The van der Waals surface area contributed by atoms with E-state index in [2.05, 4.69) is 29.9 Å². The molecule has 0 unspecified atom stereocenters. The maximum absolute atomic E-state index is 4.94. The van der Waals surface area contributed by atoms with Crippen LogP contribution in [0.4, 0.5) is 0 Å². The van der Waals surface area contributed by atoms with Crippen molar-refractivity contribution >= 4 is 67.8 Å². The van der Waals surface area contributed by atoms with Gasteiger partial charge in [0.15, 0.2) is 0 Å². The van der Waals surface area contributed by atoms with Crippen LogP contribution in [0.2, 0.25) is 0 Å². The first-order valence-corrected chi connectivity index (χ1v) is 15.1. The standard InChI is InChI=1S/C33H33N15/c1-43-22-10-7-11-23(40-22)44(2)30-17-31(37-20-36-30)47(5)26-14-9-15-27(42-26)48(6)33-18-32(38-21-39-33)46(4)25-13-8-12-24(41-25)45(3)29-16-28(43)34-19-35-29/h7-21H,1-6H3. The summed E-state index contributed by atoms with van der Waals surface area (Å²) in [5.74, 6) is 0. The molecule has 7 aromatic heterocycles. The molecule has 240 valence electrons. The Labute approximate surface area is 273 Å². The summed E-state index contributed by atoms with van der Waals surface area (Å²) in [4.78, 5) is 42.1. The minimum Gasteiger partial charge on any atom is -0.314 e. The lowest BCUT2D eigenvalue weighted by Crippen LogP contribution is -2.03. The molecule has 48 heavy (non-hydrogen) atoms. The quantitative estimate of drug-likeness (QED) is 0.238. The zero-order valence-electron chi connectivity index (χ0n) is 27.4. The van der Waals surface area contributed by atoms with Gasteiger partial charge in [0.25, 0.3) is 0 Å². The van der Waals surface area contributed by atoms with Gasteiger partial charge in [-0.15, -0.1) is 0 Å². The predicted molar refractivity (Wildman–Crippen MR) is 185 cm³/mol. The minimum absolute atomic E-state index is 0.667. The Morgan fingerprint density at radius 3 is 0.667 bits per heavy atom. The van der Waals surface area contributed by atoms with Crippen LogP contribution in [0.5, 0.6) is 0 Å². The third-order valence-corrected chi connectivity index (χ3v) is 8.20. The van der Waals surface area contributed by atoms with Crippen LogP contribution in [0.1, 0.15) is 0 Å². The van der Waals surface area contributed by atoms with Crippen molar-refractivity contribution in [1.82, 2.24) is 72.3 Å². The molecule has 7 heterocycles. The number of nitrogens with zero attached hydrogens (tertiary/aromatic N) is 15. The molecule has 0 radical (unpaired) electrons. The van der Waals surface area contributed by atoms with E-state index in [0.717, 1.165) is 0 Å². The summed E-state index contributed by atoms with van der Waals surface area (Å²) in [6, 6.07) is 23.1. The fourth-order valence-electron chi connectivity index (χ4n) is 5.17. The molecule has 12 bridgehead atoms. The Morgan fingerprint density at radius 1 is 0.292 bits per heavy atom. The molecule has 15 heteroatoms. The van der Waals surface area contributed by atoms with Gasteiger partial charge in [-0.05, 0) is 36.4 Å². The predicted octanol–water partition coefficient (Wildman–Crippen LogP) is 4.25. The summed E-state index contributed by atoms with van der Waals surface area (Å²) < 4.78 is 11.5. The number of fused-ring (bicyclic) bond motifs is 12. The number of aryl methyl sites for hydroxylation is 6. The Hall–Kier alpha value is -6.51. The average molecular weight is 640 g/mol. The Kier molecular flexibility index (Phi) is 7.76. The van der Waals surface area contributed by atoms with Gasteiger partial charge in [0, 0.05) is 60.5 Å². The summed E-state index contributed by atoms with van der Waals surface area (Å²) in [6.07, 6.45) is 4.61. The average Bonchev–Trinajstić information content (AvgIpc) is 3.16. The second-order valence-corrected chi connectivity index (χ2v) is 11.1. The van der Waals surface area contributed by atoms with E-state index < -0.39 is 0 Å². The minimum atomic E-state index is 0.667. The van der Waals surface area contributed by atoms with Gasteiger partial charge in [0.1, 0.15) is 86.7 Å². The third-order valence-electron chi connectivity index (χ3n) is 8.20. The highest BCUT2D eigenvalue weighted by Gasteiger charge is 2.03. The van der Waals surface area contributed by atoms with E-state index >= 15 is 0 Å². The molecule has 0 aliphatic rings. The summed E-state index contributed by atoms with van der Waals surface area (Å²) >= 11 is 0. The molecular formula is C33H33N15. The maximum atomic E-state index is 4.94. The zero-order valence-corrected chi connectivity index (χ0v) is 27.4. The molecular weight excluding hydrogens is 606 g/mol. The maximum Gasteiger partial charge on any atom is 0.139 e. The molecule has 7 aromatic rings. The Balaban J connectivity index is 1.65. The van der Waals surface area contributed by atoms with Crippen molar-refractivity contribution in [2.75, 3.05) is 0 Å². The summed E-state index contributed by atoms with van der Waals surface area (Å²) in [5.41, 5.74) is 8.19. The molecule has 0 N–H and O–H groups in total. The Bertz CT molecular complexity index is 2040. The lowest BCUT2D eigenvalue weighted by Gasteiger charge is -2.08. The van der Waals surface area contributed by atoms with E-state index in [1.54, 1.807) is 0 Å². The number of pyridine rings is 3. The van der Waals surface area contributed by atoms with Crippen LogP contribution >= 0.6 is 0 Å². The molecule has 0 aromatic carbocycles. The molecule has 0 saturated heterocycles. The van der Waals surface area contributed by atoms with E-state index in [9.17, 15) is 0 Å². The monoisotopic (exact) mass is 639 g/mol. The van der Waals surface area contributed by atoms with Gasteiger partial charge in [-0.1, -0.05) is 18.2 Å². The number of hydrogen-bond donors (Lipinski definition) is 0. The normalized spacial score (nSPS) is 11.1. The van der Waals surface area contributed by atoms with Gasteiger partial charge in [0.05, 0.1) is 0 Å². The van der Waals surface area contributed by atoms with Gasteiger partial charge >= 0.3 is 0 Å². The first-order chi connectivity index (χ1) is 23.3. The topological polar surface area (TPSA) is 146 Å². The Morgan fingerprint density at radius 2 is 0.479 bits per heavy atom. The van der Waals surface area contributed by atoms with Crippen molar-refractivity contribution < 1.29 is 0 Å². The third kappa shape index (κ3) is 5.68. The lowest BCUT2D eigenvalue weighted by molar-refractivity contribution is 0.896. The molecule has 0 fully saturated rings. The van der Waals surface area contributed by atoms with Crippen molar-refractivity contribution in [3.05, 3.63) is 91.8 Å². The van der Waals surface area contributed by atoms with Crippen LogP contribution in [0.25, 0.3) is 67.8 Å². The van der Waals surface area contributed by atoms with Crippen LogP contribution in [-0.4, -0.2) is 72.3 Å². The summed E-state index contributed by atoms with van der Waals surface area (Å²) in [5, 5.41) is 0. The summed E-state index contributed by atoms with van der Waals surface area (Å²) in [6.45, 7) is 0. The van der Waals surface area contributed by atoms with Crippen molar-refractivity contribution in [3.8, 4) is 0 Å². The van der Waals surface area contributed by atoms with Gasteiger partial charge in [-0.2, -0.15) is 0 Å². The fraction of sp³-hybridized carbons (Fsp3) is 0.182. The fourth-order valence-corrected chi connectivity index (χ4v) is 5.17. The zero-order chi connectivity index (χ0) is 33.4. The van der Waals surface area contributed by atoms with Gasteiger partial charge in [-0.3, -0.25) is 0 Å². The van der Waals surface area contributed by atoms with Crippen molar-refractivity contribution in [1.29, 1.82) is 0 Å². The number of rotatable bonds is 0. The van der Waals surface area contributed by atoms with E-state index in [4.69, 9.17) is 15.0 Å². The first-order valence-electron chi connectivity index (χ1n) is 15.1. The second-order valence-electron chi connectivity index (χ2n) is 11.1. The molecule has 7 rings (SSSR count). The smallest absolute Gasteiger partial charge is 0.139 e. The largest absolute Gasteiger partial charge is 0.314 e. The molecule has 0 saturated carbocycles. The molecule has 0 aliphatic heterocycles. The highest BCUT2D eigenvalue weighted by Crippen LogP contribution is 2.11. The molecule has 0 spiro atoms. The van der Waals surface area contributed by atoms with Crippen LogP contribution in [-0.2, 0) is 42.3 Å². The summed E-state index contributed by atoms with van der Waals surface area (Å²) in [7, 11) is 11.5. The number of hydrogen-bond acceptors (Lipinski definition) is 9. The first kappa shape index (κ1) is 30.2. The number of aromatic nitrogens is 15. The van der Waals surface area contributed by atoms with Crippen LogP contribution < -0.4 is 0 Å². The van der Waals surface area contributed by atoms with Crippen LogP contribution in [0, 0.1) is 0 Å². The highest BCUT2D eigenvalue weighted by atomic mass is 15.2. The van der Waals surface area contributed by atoms with Crippen LogP contribution in [0.3, 0.4) is 0 Å². The van der Waals surface area contributed by atoms with Gasteiger partial charge in [-0.25, -0.2) is 44.9 Å². The van der Waals surface area contributed by atoms with E-state index in [1.165, 1.54) is 19.0 Å². The SMILES string of the molecule is Cn1c2cc(ncn2)n(C)c2cccc(n2)n(C)c2cc(ncn2)n(C)c2cccc(n2)n(C)c2cc(ncn2)n(C)c2cccc1n2. The lowest BCUT2D eigenvalue weighted by atomic mass is 10.4. The van der Waals surface area contributed by atoms with Gasteiger partial charge in [0.2, 0.25) is 0 Å². The second kappa shape index (κ2) is 12.4.